The van der Waals surface area contributed by atoms with E-state index in [1.54, 1.807) is 38.5 Å². The maximum absolute atomic E-state index is 12.1. The average molecular weight is 375 g/mol. The van der Waals surface area contributed by atoms with E-state index in [1.807, 2.05) is 18.2 Å². The van der Waals surface area contributed by atoms with Gasteiger partial charge < -0.3 is 9.47 Å². The highest BCUT2D eigenvalue weighted by atomic mass is 35.5. The van der Waals surface area contributed by atoms with Crippen LogP contribution >= 0.6 is 22.9 Å². The summed E-state index contributed by atoms with van der Waals surface area (Å²) in [5, 5.41) is 3.92. The Bertz CT molecular complexity index is 953. The lowest BCUT2D eigenvalue weighted by atomic mass is 10.2. The summed E-state index contributed by atoms with van der Waals surface area (Å²) in [7, 11) is 3.14. The minimum atomic E-state index is -0.264. The number of halogens is 1. The van der Waals surface area contributed by atoms with Crippen LogP contribution in [-0.2, 0) is 4.79 Å². The molecule has 0 saturated heterocycles. The first-order valence-electron chi connectivity index (χ1n) is 7.36. The molecule has 1 aromatic heterocycles. The van der Waals surface area contributed by atoms with Gasteiger partial charge in [0, 0.05) is 11.1 Å². The van der Waals surface area contributed by atoms with Crippen molar-refractivity contribution in [2.24, 2.45) is 0 Å². The van der Waals surface area contributed by atoms with Crippen molar-refractivity contribution in [2.45, 2.75) is 0 Å². The molecule has 128 valence electrons. The van der Waals surface area contributed by atoms with Crippen molar-refractivity contribution in [1.82, 2.24) is 4.98 Å². The Hall–Kier alpha value is -2.57. The highest BCUT2D eigenvalue weighted by Crippen LogP contribution is 2.29. The summed E-state index contributed by atoms with van der Waals surface area (Å²) in [6, 6.07) is 10.8. The van der Waals surface area contributed by atoms with Crippen LogP contribution in [0.3, 0.4) is 0 Å². The van der Waals surface area contributed by atoms with Crippen molar-refractivity contribution >= 4 is 50.3 Å². The van der Waals surface area contributed by atoms with E-state index < -0.39 is 0 Å². The zero-order valence-corrected chi connectivity index (χ0v) is 15.1. The van der Waals surface area contributed by atoms with Crippen LogP contribution in [-0.4, -0.2) is 25.1 Å². The van der Waals surface area contributed by atoms with E-state index in [2.05, 4.69) is 10.3 Å². The normalized spacial score (nSPS) is 11.0. The largest absolute Gasteiger partial charge is 0.493 e. The Kier molecular flexibility index (Phi) is 5.21. The first-order chi connectivity index (χ1) is 12.1. The fraction of sp³-hybridized carbons (Fsp3) is 0.111. The van der Waals surface area contributed by atoms with Crippen molar-refractivity contribution < 1.29 is 14.3 Å². The van der Waals surface area contributed by atoms with Gasteiger partial charge in [0.2, 0.25) is 5.91 Å². The number of carbonyl (C=O) groups excluding carboxylic acids is 1. The van der Waals surface area contributed by atoms with E-state index >= 15 is 0 Å². The van der Waals surface area contributed by atoms with Gasteiger partial charge in [-0.05, 0) is 42.0 Å². The van der Waals surface area contributed by atoms with Gasteiger partial charge in [-0.2, -0.15) is 0 Å². The summed E-state index contributed by atoms with van der Waals surface area (Å²) >= 11 is 7.33. The average Bonchev–Trinajstić information content (AvgIpc) is 3.00. The first kappa shape index (κ1) is 17.3. The molecule has 0 saturated carbocycles. The van der Waals surface area contributed by atoms with Crippen LogP contribution in [0.25, 0.3) is 16.3 Å². The first-order valence-corrected chi connectivity index (χ1v) is 8.55. The lowest BCUT2D eigenvalue weighted by Gasteiger charge is -2.07. The number of hydrogen-bond acceptors (Lipinski definition) is 5. The van der Waals surface area contributed by atoms with Crippen molar-refractivity contribution in [3.05, 3.63) is 53.1 Å². The number of methoxy groups -OCH3 is 2. The summed E-state index contributed by atoms with van der Waals surface area (Å²) < 4.78 is 11.4. The molecule has 0 unspecified atom stereocenters. The number of benzene rings is 2. The number of carbonyl (C=O) groups is 1. The minimum Gasteiger partial charge on any atom is -0.493 e. The van der Waals surface area contributed by atoms with E-state index in [9.17, 15) is 4.79 Å². The molecule has 0 fully saturated rings. The summed E-state index contributed by atoms with van der Waals surface area (Å²) in [5.74, 6) is 0.977. The van der Waals surface area contributed by atoms with E-state index in [-0.39, 0.29) is 5.91 Å². The Labute approximate surface area is 153 Å². The number of hydrogen-bond donors (Lipinski definition) is 1. The minimum absolute atomic E-state index is 0.264. The quantitative estimate of drug-likeness (QED) is 0.662. The molecule has 1 amide bonds. The molecule has 3 aromatic rings. The van der Waals surface area contributed by atoms with E-state index in [0.717, 1.165) is 15.8 Å². The number of nitrogens with zero attached hydrogens (tertiary/aromatic N) is 1. The fourth-order valence-electron chi connectivity index (χ4n) is 2.23. The predicted octanol–water partition coefficient (Wildman–Crippen LogP) is 4.62. The maximum Gasteiger partial charge on any atom is 0.250 e. The van der Waals surface area contributed by atoms with Crippen LogP contribution in [0, 0.1) is 0 Å². The number of anilines is 1. The lowest BCUT2D eigenvalue weighted by molar-refractivity contribution is -0.111. The molecule has 0 aliphatic rings. The Morgan fingerprint density at radius 3 is 2.72 bits per heavy atom. The van der Waals surface area contributed by atoms with Gasteiger partial charge in [0.15, 0.2) is 16.6 Å². The Morgan fingerprint density at radius 2 is 1.96 bits per heavy atom. The molecule has 0 aliphatic carbocycles. The van der Waals surface area contributed by atoms with Gasteiger partial charge in [-0.3, -0.25) is 10.1 Å². The number of thiazole rings is 1. The van der Waals surface area contributed by atoms with Crippen LogP contribution in [0.2, 0.25) is 5.02 Å². The van der Waals surface area contributed by atoms with Gasteiger partial charge in [0.25, 0.3) is 0 Å². The zero-order valence-electron chi connectivity index (χ0n) is 13.6. The van der Waals surface area contributed by atoms with E-state index in [1.165, 1.54) is 17.4 Å². The van der Waals surface area contributed by atoms with Crippen molar-refractivity contribution in [3.8, 4) is 11.5 Å². The maximum atomic E-state index is 12.1. The third-order valence-electron chi connectivity index (χ3n) is 3.42. The van der Waals surface area contributed by atoms with Gasteiger partial charge in [0.05, 0.1) is 24.4 Å². The summed E-state index contributed by atoms with van der Waals surface area (Å²) in [6.07, 6.45) is 3.14. The van der Waals surface area contributed by atoms with Gasteiger partial charge >= 0.3 is 0 Å². The molecule has 1 N–H and O–H groups in total. The number of fused-ring (bicyclic) bond motifs is 1. The molecular weight excluding hydrogens is 360 g/mol. The molecular formula is C18H15ClN2O3S. The molecule has 25 heavy (non-hydrogen) atoms. The standard InChI is InChI=1S/C18H15ClN2O3S/c1-23-14-7-3-11(9-15(14)24-2)4-8-17(22)21-18-20-13-6-5-12(19)10-16(13)25-18/h3-10H,1-2H3,(H,20,21,22). The topological polar surface area (TPSA) is 60.5 Å². The third kappa shape index (κ3) is 4.10. The highest BCUT2D eigenvalue weighted by molar-refractivity contribution is 7.22. The molecule has 0 atom stereocenters. The number of amides is 1. The monoisotopic (exact) mass is 374 g/mol. The van der Waals surface area contributed by atoms with Crippen LogP contribution in [0.1, 0.15) is 5.56 Å². The lowest BCUT2D eigenvalue weighted by Crippen LogP contribution is -2.07. The number of ether oxygens (including phenoxy) is 2. The highest BCUT2D eigenvalue weighted by Gasteiger charge is 2.07. The van der Waals surface area contributed by atoms with Crippen LogP contribution in [0.4, 0.5) is 5.13 Å². The van der Waals surface area contributed by atoms with Gasteiger partial charge in [0.1, 0.15) is 0 Å². The fourth-order valence-corrected chi connectivity index (χ4v) is 3.37. The molecule has 1 heterocycles. The van der Waals surface area contributed by atoms with E-state index in [4.69, 9.17) is 21.1 Å². The molecule has 0 spiro atoms. The third-order valence-corrected chi connectivity index (χ3v) is 4.58. The summed E-state index contributed by atoms with van der Waals surface area (Å²) in [4.78, 5) is 16.5. The Balaban J connectivity index is 1.71. The Morgan fingerprint density at radius 1 is 1.16 bits per heavy atom. The predicted molar refractivity (Wildman–Crippen MR) is 102 cm³/mol. The molecule has 3 rings (SSSR count). The number of nitrogens with one attached hydrogen (secondary N) is 1. The molecule has 0 radical (unpaired) electrons. The second kappa shape index (κ2) is 7.55. The second-order valence-electron chi connectivity index (χ2n) is 5.07. The number of rotatable bonds is 5. The molecule has 0 aliphatic heterocycles. The van der Waals surface area contributed by atoms with Crippen molar-refractivity contribution in [2.75, 3.05) is 19.5 Å². The molecule has 2 aromatic carbocycles. The van der Waals surface area contributed by atoms with Crippen LogP contribution in [0.5, 0.6) is 11.5 Å². The molecule has 5 nitrogen and oxygen atoms in total. The van der Waals surface area contributed by atoms with Crippen molar-refractivity contribution in [3.63, 3.8) is 0 Å². The number of aromatic nitrogens is 1. The molecule has 7 heteroatoms. The summed E-state index contributed by atoms with van der Waals surface area (Å²) in [5.41, 5.74) is 1.62. The SMILES string of the molecule is COc1ccc(C=CC(=O)Nc2nc3ccc(Cl)cc3s2)cc1OC. The van der Waals surface area contributed by atoms with E-state index in [0.29, 0.717) is 21.7 Å². The van der Waals surface area contributed by atoms with Crippen molar-refractivity contribution in [1.29, 1.82) is 0 Å². The van der Waals surface area contributed by atoms with Gasteiger partial charge in [-0.15, -0.1) is 0 Å². The summed E-state index contributed by atoms with van der Waals surface area (Å²) in [6.45, 7) is 0. The smallest absolute Gasteiger partial charge is 0.250 e. The van der Waals surface area contributed by atoms with Gasteiger partial charge in [-0.25, -0.2) is 4.98 Å². The molecule has 0 bridgehead atoms. The second-order valence-corrected chi connectivity index (χ2v) is 6.54. The van der Waals surface area contributed by atoms with Crippen LogP contribution < -0.4 is 14.8 Å². The van der Waals surface area contributed by atoms with Crippen LogP contribution in [0.15, 0.2) is 42.5 Å². The van der Waals surface area contributed by atoms with Gasteiger partial charge in [-0.1, -0.05) is 29.0 Å². The zero-order chi connectivity index (χ0) is 17.8.